The molecule has 8 heteroatoms. The van der Waals surface area contributed by atoms with Crippen LogP contribution >= 0.6 is 34.8 Å². The first-order chi connectivity index (χ1) is 14.9. The SMILES string of the molecule is COc1ccc(C(=O)NC(=S)Nc2ccccc2C(=O)N(C)C2CCCCC2)cc1I. The highest BCUT2D eigenvalue weighted by atomic mass is 127. The first-order valence-corrected chi connectivity index (χ1v) is 11.7. The maximum absolute atomic E-state index is 13.1. The number of carbonyl (C=O) groups is 2. The van der Waals surface area contributed by atoms with Gasteiger partial charge in [0.1, 0.15) is 5.75 Å². The van der Waals surface area contributed by atoms with Crippen molar-refractivity contribution in [2.75, 3.05) is 19.5 Å². The van der Waals surface area contributed by atoms with Crippen molar-refractivity contribution in [2.24, 2.45) is 0 Å². The summed E-state index contributed by atoms with van der Waals surface area (Å²) in [5.41, 5.74) is 1.58. The molecule has 2 aromatic rings. The fourth-order valence-electron chi connectivity index (χ4n) is 3.74. The van der Waals surface area contributed by atoms with E-state index in [2.05, 4.69) is 33.2 Å². The fraction of sp³-hybridized carbons (Fsp3) is 0.348. The van der Waals surface area contributed by atoms with Crippen LogP contribution in [-0.4, -0.2) is 42.0 Å². The van der Waals surface area contributed by atoms with Crippen molar-refractivity contribution in [3.8, 4) is 5.75 Å². The molecule has 0 saturated heterocycles. The van der Waals surface area contributed by atoms with Gasteiger partial charge in [0.05, 0.1) is 21.9 Å². The van der Waals surface area contributed by atoms with Crippen LogP contribution in [0.4, 0.5) is 5.69 Å². The molecule has 0 radical (unpaired) electrons. The van der Waals surface area contributed by atoms with Crippen LogP contribution in [0.25, 0.3) is 0 Å². The summed E-state index contributed by atoms with van der Waals surface area (Å²) < 4.78 is 6.05. The molecule has 0 aliphatic heterocycles. The number of amides is 2. The molecule has 1 saturated carbocycles. The largest absolute Gasteiger partial charge is 0.496 e. The maximum Gasteiger partial charge on any atom is 0.257 e. The Labute approximate surface area is 201 Å². The third-order valence-electron chi connectivity index (χ3n) is 5.49. The molecule has 1 fully saturated rings. The van der Waals surface area contributed by atoms with E-state index in [-0.39, 0.29) is 23.0 Å². The van der Waals surface area contributed by atoms with Gasteiger partial charge >= 0.3 is 0 Å². The summed E-state index contributed by atoms with van der Waals surface area (Å²) in [4.78, 5) is 27.5. The predicted molar refractivity (Wildman–Crippen MR) is 135 cm³/mol. The number of para-hydroxylation sites is 1. The first kappa shape index (κ1) is 23.5. The molecule has 0 aromatic heterocycles. The minimum Gasteiger partial charge on any atom is -0.496 e. The quantitative estimate of drug-likeness (QED) is 0.412. The molecule has 0 heterocycles. The average molecular weight is 551 g/mol. The third kappa shape index (κ3) is 5.94. The van der Waals surface area contributed by atoms with Gasteiger partial charge in [0.15, 0.2) is 5.11 Å². The number of methoxy groups -OCH3 is 1. The van der Waals surface area contributed by atoms with Gasteiger partial charge in [0.25, 0.3) is 11.8 Å². The zero-order valence-corrected chi connectivity index (χ0v) is 20.6. The summed E-state index contributed by atoms with van der Waals surface area (Å²) in [6.45, 7) is 0. The number of nitrogens with zero attached hydrogens (tertiary/aromatic N) is 1. The van der Waals surface area contributed by atoms with Crippen molar-refractivity contribution in [2.45, 2.75) is 38.1 Å². The molecule has 0 spiro atoms. The molecular formula is C23H26IN3O3S. The Bertz CT molecular complexity index is 976. The van der Waals surface area contributed by atoms with E-state index in [0.29, 0.717) is 22.6 Å². The lowest BCUT2D eigenvalue weighted by Gasteiger charge is -2.31. The van der Waals surface area contributed by atoms with Crippen LogP contribution in [0.2, 0.25) is 0 Å². The number of nitrogens with one attached hydrogen (secondary N) is 2. The van der Waals surface area contributed by atoms with Gasteiger partial charge in [-0.15, -0.1) is 0 Å². The van der Waals surface area contributed by atoms with Gasteiger partial charge in [0.2, 0.25) is 0 Å². The number of hydrogen-bond acceptors (Lipinski definition) is 4. The van der Waals surface area contributed by atoms with E-state index in [0.717, 1.165) is 29.3 Å². The minimum atomic E-state index is -0.332. The third-order valence-corrected chi connectivity index (χ3v) is 6.54. The van der Waals surface area contributed by atoms with Gasteiger partial charge in [-0.3, -0.25) is 14.9 Å². The van der Waals surface area contributed by atoms with Crippen molar-refractivity contribution >= 4 is 57.4 Å². The Morgan fingerprint density at radius 1 is 1.13 bits per heavy atom. The van der Waals surface area contributed by atoms with Crippen LogP contribution < -0.4 is 15.4 Å². The Morgan fingerprint density at radius 2 is 1.84 bits per heavy atom. The Kier molecular flexibility index (Phi) is 8.25. The molecular weight excluding hydrogens is 525 g/mol. The zero-order valence-electron chi connectivity index (χ0n) is 17.6. The zero-order chi connectivity index (χ0) is 22.4. The molecule has 2 amide bonds. The lowest BCUT2D eigenvalue weighted by atomic mass is 9.94. The molecule has 0 unspecified atom stereocenters. The number of anilines is 1. The van der Waals surface area contributed by atoms with Crippen molar-refractivity contribution in [3.63, 3.8) is 0 Å². The molecule has 3 rings (SSSR count). The smallest absolute Gasteiger partial charge is 0.257 e. The Morgan fingerprint density at radius 3 is 2.52 bits per heavy atom. The molecule has 164 valence electrons. The second-order valence-electron chi connectivity index (χ2n) is 7.51. The van der Waals surface area contributed by atoms with Crippen molar-refractivity contribution in [1.29, 1.82) is 0 Å². The summed E-state index contributed by atoms with van der Waals surface area (Å²) in [6.07, 6.45) is 5.61. The molecule has 31 heavy (non-hydrogen) atoms. The van der Waals surface area contributed by atoms with Crippen LogP contribution in [0.3, 0.4) is 0 Å². The fourth-order valence-corrected chi connectivity index (χ4v) is 4.68. The molecule has 6 nitrogen and oxygen atoms in total. The first-order valence-electron chi connectivity index (χ1n) is 10.2. The number of carbonyl (C=O) groups excluding carboxylic acids is 2. The van der Waals surface area contributed by atoms with E-state index in [1.165, 1.54) is 6.42 Å². The van der Waals surface area contributed by atoms with Gasteiger partial charge < -0.3 is 15.0 Å². The molecule has 2 aromatic carbocycles. The topological polar surface area (TPSA) is 70.7 Å². The van der Waals surface area contributed by atoms with E-state index >= 15 is 0 Å². The van der Waals surface area contributed by atoms with Crippen LogP contribution in [0, 0.1) is 3.57 Å². The van der Waals surface area contributed by atoms with Gasteiger partial charge in [-0.2, -0.15) is 0 Å². The van der Waals surface area contributed by atoms with Crippen molar-refractivity contribution < 1.29 is 14.3 Å². The summed E-state index contributed by atoms with van der Waals surface area (Å²) in [7, 11) is 3.45. The van der Waals surface area contributed by atoms with E-state index < -0.39 is 0 Å². The highest BCUT2D eigenvalue weighted by Crippen LogP contribution is 2.25. The second-order valence-corrected chi connectivity index (χ2v) is 9.08. The maximum atomic E-state index is 13.1. The Hall–Kier alpha value is -2.20. The normalized spacial score (nSPS) is 13.9. The van der Waals surface area contributed by atoms with Crippen LogP contribution in [0.15, 0.2) is 42.5 Å². The van der Waals surface area contributed by atoms with E-state index in [9.17, 15) is 9.59 Å². The van der Waals surface area contributed by atoms with Crippen LogP contribution in [0.5, 0.6) is 5.75 Å². The monoisotopic (exact) mass is 551 g/mol. The predicted octanol–water partition coefficient (Wildman–Crippen LogP) is 4.83. The van der Waals surface area contributed by atoms with Gasteiger partial charge in [-0.05, 0) is 78.0 Å². The summed E-state index contributed by atoms with van der Waals surface area (Å²) in [5, 5.41) is 5.83. The van der Waals surface area contributed by atoms with Gasteiger partial charge in [-0.25, -0.2) is 0 Å². The number of rotatable bonds is 5. The summed E-state index contributed by atoms with van der Waals surface area (Å²) in [5.74, 6) is 0.322. The number of hydrogen-bond donors (Lipinski definition) is 2. The summed E-state index contributed by atoms with van der Waals surface area (Å²) in [6, 6.07) is 12.6. The number of ether oxygens (including phenoxy) is 1. The molecule has 1 aliphatic carbocycles. The lowest BCUT2D eigenvalue weighted by molar-refractivity contribution is 0.0697. The number of halogens is 1. The number of thiocarbonyl (C=S) groups is 1. The van der Waals surface area contributed by atoms with Crippen molar-refractivity contribution in [1.82, 2.24) is 10.2 Å². The van der Waals surface area contributed by atoms with Crippen LogP contribution in [-0.2, 0) is 0 Å². The van der Waals surface area contributed by atoms with Crippen molar-refractivity contribution in [3.05, 3.63) is 57.2 Å². The minimum absolute atomic E-state index is 0.0474. The van der Waals surface area contributed by atoms with E-state index in [1.807, 2.05) is 24.1 Å². The Balaban J connectivity index is 1.68. The number of benzene rings is 2. The molecule has 1 aliphatic rings. The lowest BCUT2D eigenvalue weighted by Crippen LogP contribution is -2.39. The van der Waals surface area contributed by atoms with E-state index in [1.54, 1.807) is 37.4 Å². The summed E-state index contributed by atoms with van der Waals surface area (Å²) >= 11 is 7.45. The standard InChI is InChI=1S/C23H26IN3O3S/c1-27(16-8-4-3-5-9-16)22(29)17-10-6-7-11-19(17)25-23(31)26-21(28)15-12-13-20(30-2)18(24)14-15/h6-7,10-14,16H,3-5,8-9H2,1-2H3,(H2,25,26,28,31). The van der Waals surface area contributed by atoms with Crippen LogP contribution in [0.1, 0.15) is 52.8 Å². The highest BCUT2D eigenvalue weighted by molar-refractivity contribution is 14.1. The van der Waals surface area contributed by atoms with Gasteiger partial charge in [0, 0.05) is 18.7 Å². The molecule has 2 N–H and O–H groups in total. The van der Waals surface area contributed by atoms with Gasteiger partial charge in [-0.1, -0.05) is 31.4 Å². The highest BCUT2D eigenvalue weighted by Gasteiger charge is 2.24. The second kappa shape index (κ2) is 10.9. The van der Waals surface area contributed by atoms with E-state index in [4.69, 9.17) is 17.0 Å². The molecule has 0 atom stereocenters. The molecule has 0 bridgehead atoms. The average Bonchev–Trinajstić information content (AvgIpc) is 2.79.